The van der Waals surface area contributed by atoms with Gasteiger partial charge in [-0.2, -0.15) is 0 Å². The normalized spacial score (nSPS) is 18.6. The number of halogens is 2. The Hall–Kier alpha value is -4.00. The Labute approximate surface area is 294 Å². The zero-order valence-corrected chi connectivity index (χ0v) is 29.1. The minimum absolute atomic E-state index is 0.0155. The van der Waals surface area contributed by atoms with Gasteiger partial charge in [0.1, 0.15) is 11.9 Å². The number of H-pyrrole nitrogens is 2. The summed E-state index contributed by atoms with van der Waals surface area (Å²) in [5.41, 5.74) is 4.92. The van der Waals surface area contributed by atoms with E-state index in [0.29, 0.717) is 34.4 Å². The second-order valence-electron chi connectivity index (χ2n) is 13.0. The molecule has 256 valence electrons. The van der Waals surface area contributed by atoms with Crippen LogP contribution in [0.15, 0.2) is 60.9 Å². The van der Waals surface area contributed by atoms with Crippen molar-refractivity contribution in [3.05, 3.63) is 82.1 Å². The molecule has 0 unspecified atom stereocenters. The van der Waals surface area contributed by atoms with Crippen LogP contribution in [0.3, 0.4) is 0 Å². The first kappa shape index (κ1) is 34.9. The predicted molar refractivity (Wildman–Crippen MR) is 190 cm³/mol. The lowest BCUT2D eigenvalue weighted by molar-refractivity contribution is 0.0343. The molecule has 13 heteroatoms. The van der Waals surface area contributed by atoms with Crippen LogP contribution in [-0.4, -0.2) is 73.8 Å². The fraction of sp³-hybridized carbons (Fsp3) is 0.333. The standard InChI is InChI=1S/C21H20ClNO4.C15H17BClNO4/c1-26-21(25)16-11-23-18-10-17(22)14(9-15(16)18)12-5-7-13(8-6-12)27-20-4-2-3-19(20)24;1-15(2)7-21-16(22-8-15)11-4-9-10(14(19)20-3)6-18-13(9)5-12(11)17/h5-11,19-20,23-24H,2-4H2,1H3;4-6,18H,7-8H2,1-3H3/t19-,20-;/m1./s1. The molecule has 2 atom stereocenters. The highest BCUT2D eigenvalue weighted by atomic mass is 35.5. The van der Waals surface area contributed by atoms with E-state index in [9.17, 15) is 14.7 Å². The summed E-state index contributed by atoms with van der Waals surface area (Å²) in [6.45, 7) is 5.33. The molecule has 10 nitrogen and oxygen atoms in total. The Morgan fingerprint density at radius 3 is 1.98 bits per heavy atom. The molecule has 2 fully saturated rings. The van der Waals surface area contributed by atoms with E-state index in [1.165, 1.54) is 14.2 Å². The first-order valence-electron chi connectivity index (χ1n) is 15.9. The van der Waals surface area contributed by atoms with Crippen LogP contribution in [0.1, 0.15) is 53.8 Å². The van der Waals surface area contributed by atoms with Crippen LogP contribution in [-0.2, 0) is 18.8 Å². The number of hydrogen-bond acceptors (Lipinski definition) is 8. The van der Waals surface area contributed by atoms with Crippen molar-refractivity contribution < 1.29 is 38.2 Å². The number of hydrogen-bond donors (Lipinski definition) is 3. The van der Waals surface area contributed by atoms with Crippen LogP contribution in [0, 0.1) is 5.41 Å². The van der Waals surface area contributed by atoms with Gasteiger partial charge in [0.05, 0.1) is 36.5 Å². The van der Waals surface area contributed by atoms with Gasteiger partial charge in [0, 0.05) is 68.9 Å². The minimum atomic E-state index is -0.523. The third-order valence-corrected chi connectivity index (χ3v) is 9.39. The quantitative estimate of drug-likeness (QED) is 0.128. The summed E-state index contributed by atoms with van der Waals surface area (Å²) in [4.78, 5) is 29.8. The second kappa shape index (κ2) is 14.5. The number of carbonyl (C=O) groups is 2. The minimum Gasteiger partial charge on any atom is -0.488 e. The fourth-order valence-electron chi connectivity index (χ4n) is 6.07. The van der Waals surface area contributed by atoms with Gasteiger partial charge in [0.2, 0.25) is 0 Å². The average Bonchev–Trinajstić information content (AvgIpc) is 3.82. The Balaban J connectivity index is 0.000000174. The maximum atomic E-state index is 11.9. The molecule has 2 aromatic heterocycles. The van der Waals surface area contributed by atoms with Crippen LogP contribution in [0.25, 0.3) is 32.9 Å². The van der Waals surface area contributed by atoms with E-state index in [4.69, 9.17) is 46.7 Å². The third kappa shape index (κ3) is 7.46. The second-order valence-corrected chi connectivity index (χ2v) is 13.8. The molecule has 0 spiro atoms. The van der Waals surface area contributed by atoms with Gasteiger partial charge in [0.15, 0.2) is 0 Å². The molecule has 7 rings (SSSR count). The zero-order chi connectivity index (χ0) is 34.9. The first-order chi connectivity index (χ1) is 23.5. The summed E-state index contributed by atoms with van der Waals surface area (Å²) in [5, 5.41) is 12.5. The number of benzene rings is 3. The molecular weight excluding hydrogens is 670 g/mol. The van der Waals surface area contributed by atoms with Gasteiger partial charge in [-0.05, 0) is 55.2 Å². The number of nitrogens with one attached hydrogen (secondary N) is 2. The summed E-state index contributed by atoms with van der Waals surface area (Å²) < 4.78 is 27.1. The lowest BCUT2D eigenvalue weighted by Gasteiger charge is -2.33. The SMILES string of the molecule is COC(=O)c1c[nH]c2cc(Cl)c(-c3ccc(O[C@@H]4CCC[C@H]4O)cc3)cc12.COC(=O)c1c[nH]c2cc(Cl)c(B3OCC(C)(C)CO3)cc12. The van der Waals surface area contributed by atoms with E-state index in [2.05, 4.69) is 23.8 Å². The van der Waals surface area contributed by atoms with Crippen molar-refractivity contribution in [2.45, 2.75) is 45.3 Å². The van der Waals surface area contributed by atoms with Crippen molar-refractivity contribution in [3.63, 3.8) is 0 Å². The van der Waals surface area contributed by atoms with E-state index in [-0.39, 0.29) is 11.5 Å². The smallest absolute Gasteiger partial charge is 0.488 e. The molecule has 1 aliphatic heterocycles. The number of aromatic nitrogens is 2. The Bertz CT molecular complexity index is 1980. The molecule has 1 aliphatic carbocycles. The molecule has 1 saturated carbocycles. The number of aliphatic hydroxyl groups is 1. The molecule has 1 saturated heterocycles. The number of fused-ring (bicyclic) bond motifs is 2. The van der Waals surface area contributed by atoms with Crippen LogP contribution < -0.4 is 10.2 Å². The number of aromatic amines is 2. The average molecular weight is 707 g/mol. The maximum absolute atomic E-state index is 11.9. The van der Waals surface area contributed by atoms with Crippen LogP contribution >= 0.6 is 23.2 Å². The van der Waals surface area contributed by atoms with Gasteiger partial charge < -0.3 is 38.6 Å². The largest absolute Gasteiger partial charge is 0.495 e. The molecular formula is C36H37BCl2N2O8. The Kier molecular flexibility index (Phi) is 10.3. The molecule has 3 heterocycles. The lowest BCUT2D eigenvalue weighted by atomic mass is 9.75. The number of esters is 2. The molecule has 2 aliphatic rings. The molecule has 0 bridgehead atoms. The number of carbonyl (C=O) groups excluding carboxylic acids is 2. The van der Waals surface area contributed by atoms with Gasteiger partial charge >= 0.3 is 19.1 Å². The summed E-state index contributed by atoms with van der Waals surface area (Å²) in [5.74, 6) is -0.0710. The van der Waals surface area contributed by atoms with Crippen LogP contribution in [0.5, 0.6) is 5.75 Å². The van der Waals surface area contributed by atoms with E-state index in [1.54, 1.807) is 24.5 Å². The van der Waals surface area contributed by atoms with Crippen molar-refractivity contribution in [2.75, 3.05) is 27.4 Å². The third-order valence-electron chi connectivity index (χ3n) is 8.75. The highest BCUT2D eigenvalue weighted by Gasteiger charge is 2.35. The number of rotatable bonds is 6. The van der Waals surface area contributed by atoms with Crippen molar-refractivity contribution in [2.24, 2.45) is 5.41 Å². The number of ether oxygens (including phenoxy) is 3. The van der Waals surface area contributed by atoms with Crippen molar-refractivity contribution in [1.29, 1.82) is 0 Å². The maximum Gasteiger partial charge on any atom is 0.495 e. The van der Waals surface area contributed by atoms with Crippen molar-refractivity contribution >= 4 is 69.5 Å². The topological polar surface area (TPSA) is 132 Å². The molecule has 0 radical (unpaired) electrons. The van der Waals surface area contributed by atoms with Gasteiger partial charge in [0.25, 0.3) is 0 Å². The highest BCUT2D eigenvalue weighted by Crippen LogP contribution is 2.35. The van der Waals surface area contributed by atoms with Crippen molar-refractivity contribution in [3.8, 4) is 16.9 Å². The molecule has 49 heavy (non-hydrogen) atoms. The number of aliphatic hydroxyl groups excluding tert-OH is 1. The molecule has 3 aromatic carbocycles. The highest BCUT2D eigenvalue weighted by molar-refractivity contribution is 6.65. The summed E-state index contributed by atoms with van der Waals surface area (Å²) in [7, 11) is 2.19. The van der Waals surface area contributed by atoms with E-state index < -0.39 is 25.2 Å². The number of methoxy groups -OCH3 is 2. The van der Waals surface area contributed by atoms with E-state index in [0.717, 1.165) is 63.4 Å². The Morgan fingerprint density at radius 1 is 0.857 bits per heavy atom. The first-order valence-corrected chi connectivity index (χ1v) is 16.7. The van der Waals surface area contributed by atoms with Gasteiger partial charge in [-0.15, -0.1) is 0 Å². The molecule has 0 amide bonds. The van der Waals surface area contributed by atoms with Crippen LogP contribution in [0.4, 0.5) is 0 Å². The fourth-order valence-corrected chi connectivity index (χ4v) is 6.59. The predicted octanol–water partition coefficient (Wildman–Crippen LogP) is 6.94. The van der Waals surface area contributed by atoms with Crippen molar-refractivity contribution in [1.82, 2.24) is 9.97 Å². The van der Waals surface area contributed by atoms with Gasteiger partial charge in [-0.3, -0.25) is 0 Å². The zero-order valence-electron chi connectivity index (χ0n) is 27.6. The Morgan fingerprint density at radius 2 is 1.43 bits per heavy atom. The summed E-state index contributed by atoms with van der Waals surface area (Å²) in [6.07, 6.45) is 5.35. The molecule has 5 aromatic rings. The van der Waals surface area contributed by atoms with E-state index in [1.807, 2.05) is 36.4 Å². The van der Waals surface area contributed by atoms with E-state index >= 15 is 0 Å². The monoisotopic (exact) mass is 706 g/mol. The van der Waals surface area contributed by atoms with Crippen LogP contribution in [0.2, 0.25) is 10.0 Å². The molecule has 3 N–H and O–H groups in total. The summed E-state index contributed by atoms with van der Waals surface area (Å²) in [6, 6.07) is 14.9. The van der Waals surface area contributed by atoms with Gasteiger partial charge in [-0.1, -0.05) is 55.2 Å². The van der Waals surface area contributed by atoms with Gasteiger partial charge in [-0.25, -0.2) is 9.59 Å². The lowest BCUT2D eigenvalue weighted by Crippen LogP contribution is -2.47. The summed E-state index contributed by atoms with van der Waals surface area (Å²) >= 11 is 12.8.